The van der Waals surface area contributed by atoms with E-state index in [1.165, 1.54) is 10.5 Å². The van der Waals surface area contributed by atoms with E-state index in [0.29, 0.717) is 18.8 Å². The smallest absolute Gasteiger partial charge is 0.240 e. The maximum absolute atomic E-state index is 12.4. The van der Waals surface area contributed by atoms with Crippen molar-refractivity contribution in [1.29, 1.82) is 0 Å². The number of carbonyl (C=O) groups excluding carboxylic acids is 2. The monoisotopic (exact) mass is 340 g/mol. The fraction of sp³-hybridized carbons (Fsp3) is 0.421. The van der Waals surface area contributed by atoms with Crippen LogP contribution in [0.2, 0.25) is 0 Å². The van der Waals surface area contributed by atoms with Crippen LogP contribution in [0.1, 0.15) is 31.0 Å². The summed E-state index contributed by atoms with van der Waals surface area (Å²) in [7, 11) is 0. The van der Waals surface area contributed by atoms with Crippen molar-refractivity contribution in [3.63, 3.8) is 0 Å². The third-order valence-corrected chi connectivity index (χ3v) is 4.41. The molecule has 0 bridgehead atoms. The Bertz CT molecular complexity index is 754. The van der Waals surface area contributed by atoms with Gasteiger partial charge in [0.1, 0.15) is 12.4 Å². The summed E-state index contributed by atoms with van der Waals surface area (Å²) in [6.45, 7) is 4.50. The highest BCUT2D eigenvalue weighted by Crippen LogP contribution is 2.22. The van der Waals surface area contributed by atoms with Crippen molar-refractivity contribution in [1.82, 2.24) is 15.1 Å². The molecular formula is C19H24N4O2. The summed E-state index contributed by atoms with van der Waals surface area (Å²) in [5.41, 5.74) is 2.11. The number of fused-ring (bicyclic) bond motifs is 1. The summed E-state index contributed by atoms with van der Waals surface area (Å²) in [5, 5.41) is 7.35. The minimum Gasteiger partial charge on any atom is -0.352 e. The Morgan fingerprint density at radius 2 is 2.08 bits per heavy atom. The van der Waals surface area contributed by atoms with Crippen LogP contribution in [0.25, 0.3) is 0 Å². The maximum atomic E-state index is 12.4. The Morgan fingerprint density at radius 1 is 1.32 bits per heavy atom. The minimum atomic E-state index is -0.138. The Hall–Kier alpha value is -2.63. The zero-order valence-electron chi connectivity index (χ0n) is 14.7. The fourth-order valence-corrected chi connectivity index (χ4v) is 3.11. The van der Waals surface area contributed by atoms with Crippen molar-refractivity contribution >= 4 is 17.6 Å². The molecule has 1 aromatic carbocycles. The molecule has 3 rings (SSSR count). The zero-order valence-corrected chi connectivity index (χ0v) is 14.7. The molecule has 25 heavy (non-hydrogen) atoms. The summed E-state index contributed by atoms with van der Waals surface area (Å²) in [4.78, 5) is 26.1. The lowest BCUT2D eigenvalue weighted by molar-refractivity contribution is -0.124. The van der Waals surface area contributed by atoms with Crippen molar-refractivity contribution < 1.29 is 9.59 Å². The zero-order chi connectivity index (χ0) is 17.8. The Labute approximate surface area is 147 Å². The molecule has 2 aromatic rings. The normalized spacial score (nSPS) is 15.0. The fourth-order valence-electron chi connectivity index (χ4n) is 3.11. The largest absolute Gasteiger partial charge is 0.352 e. The molecule has 1 unspecified atom stereocenters. The summed E-state index contributed by atoms with van der Waals surface area (Å²) in [6.07, 6.45) is 2.16. The molecule has 0 radical (unpaired) electrons. The number of hydrogen-bond acceptors (Lipinski definition) is 3. The van der Waals surface area contributed by atoms with Crippen molar-refractivity contribution in [2.75, 3.05) is 11.4 Å². The lowest BCUT2D eigenvalue weighted by Crippen LogP contribution is -2.46. The van der Waals surface area contributed by atoms with Gasteiger partial charge in [0.2, 0.25) is 11.8 Å². The first-order valence-electron chi connectivity index (χ1n) is 8.71. The summed E-state index contributed by atoms with van der Waals surface area (Å²) >= 11 is 0. The summed E-state index contributed by atoms with van der Waals surface area (Å²) in [6, 6.07) is 12.1. The number of nitrogens with one attached hydrogen (secondary N) is 1. The van der Waals surface area contributed by atoms with Crippen molar-refractivity contribution in [2.45, 2.75) is 45.7 Å². The summed E-state index contributed by atoms with van der Waals surface area (Å²) in [5.74, 6) is 0.543. The molecule has 2 amide bonds. The van der Waals surface area contributed by atoms with Gasteiger partial charge in [-0.25, -0.2) is 4.68 Å². The van der Waals surface area contributed by atoms with Crippen molar-refractivity contribution in [3.8, 4) is 0 Å². The quantitative estimate of drug-likeness (QED) is 0.875. The lowest BCUT2D eigenvalue weighted by atomic mass is 10.1. The molecule has 6 heteroatoms. The van der Waals surface area contributed by atoms with E-state index in [0.717, 1.165) is 18.5 Å². The van der Waals surface area contributed by atoms with Gasteiger partial charge in [-0.1, -0.05) is 30.3 Å². The van der Waals surface area contributed by atoms with Gasteiger partial charge >= 0.3 is 0 Å². The molecule has 0 fully saturated rings. The maximum Gasteiger partial charge on any atom is 0.240 e. The van der Waals surface area contributed by atoms with E-state index in [9.17, 15) is 9.59 Å². The van der Waals surface area contributed by atoms with Crippen LogP contribution in [0.4, 0.5) is 5.82 Å². The van der Waals surface area contributed by atoms with Gasteiger partial charge in [-0.3, -0.25) is 14.5 Å². The van der Waals surface area contributed by atoms with Gasteiger partial charge in [0.05, 0.1) is 12.2 Å². The van der Waals surface area contributed by atoms with Crippen LogP contribution < -0.4 is 10.2 Å². The minimum absolute atomic E-state index is 0.0283. The van der Waals surface area contributed by atoms with Gasteiger partial charge in [0.15, 0.2) is 0 Å². The van der Waals surface area contributed by atoms with E-state index in [4.69, 9.17) is 0 Å². The third kappa shape index (κ3) is 4.26. The first-order valence-corrected chi connectivity index (χ1v) is 8.71. The number of aryl methyl sites for hydroxylation is 3. The average molecular weight is 340 g/mol. The van der Waals surface area contributed by atoms with E-state index in [-0.39, 0.29) is 24.4 Å². The van der Waals surface area contributed by atoms with Gasteiger partial charge in [-0.2, -0.15) is 5.10 Å². The first kappa shape index (κ1) is 17.2. The number of rotatable bonds is 6. The Kier molecular flexibility index (Phi) is 5.16. The number of hydrogen-bond donors (Lipinski definition) is 1. The highest BCUT2D eigenvalue weighted by atomic mass is 16.2. The molecular weight excluding hydrogens is 316 g/mol. The van der Waals surface area contributed by atoms with Crippen molar-refractivity contribution in [3.05, 3.63) is 47.7 Å². The summed E-state index contributed by atoms with van der Waals surface area (Å²) < 4.78 is 1.79. The Balaban J connectivity index is 1.54. The molecule has 1 atom stereocenters. The van der Waals surface area contributed by atoms with Crippen LogP contribution in [0, 0.1) is 6.92 Å². The van der Waals surface area contributed by atoms with Gasteiger partial charge in [-0.05, 0) is 32.3 Å². The second kappa shape index (κ2) is 7.51. The van der Waals surface area contributed by atoms with Gasteiger partial charge in [0.25, 0.3) is 0 Å². The van der Waals surface area contributed by atoms with E-state index in [2.05, 4.69) is 22.5 Å². The second-order valence-electron chi connectivity index (χ2n) is 6.59. The predicted octanol–water partition coefficient (Wildman–Crippen LogP) is 2.07. The molecule has 0 aliphatic carbocycles. The van der Waals surface area contributed by atoms with E-state index in [1.807, 2.05) is 38.1 Å². The molecule has 6 nitrogen and oxygen atoms in total. The predicted molar refractivity (Wildman–Crippen MR) is 96.3 cm³/mol. The molecule has 0 spiro atoms. The van der Waals surface area contributed by atoms with Gasteiger partial charge in [-0.15, -0.1) is 0 Å². The first-order chi connectivity index (χ1) is 12.0. The van der Waals surface area contributed by atoms with Gasteiger partial charge in [0, 0.05) is 18.5 Å². The third-order valence-electron chi connectivity index (χ3n) is 4.41. The molecule has 0 saturated heterocycles. The number of amides is 2. The molecule has 132 valence electrons. The van der Waals surface area contributed by atoms with E-state index >= 15 is 0 Å². The van der Waals surface area contributed by atoms with Crippen LogP contribution in [-0.2, 0) is 22.6 Å². The number of nitrogens with zero attached hydrogens (tertiary/aromatic N) is 3. The number of carbonyl (C=O) groups is 2. The lowest BCUT2D eigenvalue weighted by Gasteiger charge is -2.27. The second-order valence-corrected chi connectivity index (χ2v) is 6.59. The van der Waals surface area contributed by atoms with Crippen LogP contribution in [0.3, 0.4) is 0 Å². The molecule has 0 saturated carbocycles. The van der Waals surface area contributed by atoms with Crippen LogP contribution in [0.5, 0.6) is 0 Å². The van der Waals surface area contributed by atoms with E-state index in [1.54, 1.807) is 4.68 Å². The number of aromatic nitrogens is 2. The molecule has 1 aromatic heterocycles. The van der Waals surface area contributed by atoms with Crippen molar-refractivity contribution in [2.24, 2.45) is 0 Å². The van der Waals surface area contributed by atoms with E-state index < -0.39 is 0 Å². The molecule has 1 aliphatic heterocycles. The highest BCUT2D eigenvalue weighted by molar-refractivity contribution is 5.99. The standard InChI is InChI=1S/C19H24N4O2/c1-14(8-9-16-6-4-3-5-7-16)20-17(24)13-22-18-12-15(2)21-23(18)11-10-19(22)25/h3-7,12,14H,8-11,13H2,1-2H3,(H,20,24). The van der Waals surface area contributed by atoms with Gasteiger partial charge < -0.3 is 5.32 Å². The highest BCUT2D eigenvalue weighted by Gasteiger charge is 2.27. The molecule has 1 N–H and O–H groups in total. The SMILES string of the molecule is Cc1cc2n(n1)CCC(=O)N2CC(=O)NC(C)CCc1ccccc1. The van der Waals surface area contributed by atoms with Crippen LogP contribution in [0.15, 0.2) is 36.4 Å². The molecule has 1 aliphatic rings. The van der Waals surface area contributed by atoms with Crippen LogP contribution >= 0.6 is 0 Å². The average Bonchev–Trinajstić information content (AvgIpc) is 2.97. The molecule has 2 heterocycles. The Morgan fingerprint density at radius 3 is 2.84 bits per heavy atom. The topological polar surface area (TPSA) is 67.2 Å². The van der Waals surface area contributed by atoms with Crippen LogP contribution in [-0.4, -0.2) is 34.2 Å². The number of benzene rings is 1. The number of anilines is 1.